The van der Waals surface area contributed by atoms with Crippen molar-refractivity contribution < 1.29 is 24.1 Å². The second kappa shape index (κ2) is 10.3. The third kappa shape index (κ3) is 6.86. The van der Waals surface area contributed by atoms with Gasteiger partial charge in [-0.25, -0.2) is 0 Å². The van der Waals surface area contributed by atoms with E-state index in [2.05, 4.69) is 5.32 Å². The second-order valence-corrected chi connectivity index (χ2v) is 5.96. The lowest BCUT2D eigenvalue weighted by Crippen LogP contribution is -2.30. The van der Waals surface area contributed by atoms with Crippen molar-refractivity contribution in [3.8, 4) is 5.75 Å². The Morgan fingerprint density at radius 1 is 1.42 bits per heavy atom. The van der Waals surface area contributed by atoms with Crippen LogP contribution in [0, 0.1) is 0 Å². The summed E-state index contributed by atoms with van der Waals surface area (Å²) >= 11 is 0. The number of amides is 1. The molecule has 1 aromatic carbocycles. The van der Waals surface area contributed by atoms with Crippen LogP contribution in [0.25, 0.3) is 0 Å². The van der Waals surface area contributed by atoms with Crippen molar-refractivity contribution in [3.63, 3.8) is 0 Å². The van der Waals surface area contributed by atoms with Crippen molar-refractivity contribution in [2.75, 3.05) is 26.4 Å². The summed E-state index contributed by atoms with van der Waals surface area (Å²) in [5.74, 6) is 0.424. The van der Waals surface area contributed by atoms with E-state index in [0.717, 1.165) is 32.3 Å². The first-order chi connectivity index (χ1) is 11.6. The minimum Gasteiger partial charge on any atom is -0.493 e. The number of aliphatic hydroxyl groups excluding tert-OH is 1. The Balaban J connectivity index is 1.67. The fraction of sp³-hybridized carbons (Fsp3) is 0.611. The van der Waals surface area contributed by atoms with E-state index in [1.165, 1.54) is 0 Å². The Labute approximate surface area is 143 Å². The second-order valence-electron chi connectivity index (χ2n) is 5.96. The molecule has 2 rings (SSSR count). The van der Waals surface area contributed by atoms with Gasteiger partial charge in [0, 0.05) is 25.1 Å². The van der Waals surface area contributed by atoms with Gasteiger partial charge in [0.25, 0.3) is 5.91 Å². The molecule has 1 aliphatic rings. The molecule has 2 N–H and O–H groups in total. The number of carbonyl (C=O) groups excluding carboxylic acids is 1. The third-order valence-corrected chi connectivity index (χ3v) is 3.65. The molecule has 134 valence electrons. The van der Waals surface area contributed by atoms with Crippen molar-refractivity contribution in [3.05, 3.63) is 29.8 Å². The van der Waals surface area contributed by atoms with Gasteiger partial charge in [0.2, 0.25) is 0 Å². The van der Waals surface area contributed by atoms with Crippen molar-refractivity contribution in [1.29, 1.82) is 0 Å². The first-order valence-electron chi connectivity index (χ1n) is 8.57. The smallest absolute Gasteiger partial charge is 0.251 e. The zero-order valence-electron chi connectivity index (χ0n) is 14.2. The zero-order valence-corrected chi connectivity index (χ0v) is 14.2. The van der Waals surface area contributed by atoms with Crippen LogP contribution in [0.4, 0.5) is 0 Å². The number of hydrogen-bond acceptors (Lipinski definition) is 5. The first kappa shape index (κ1) is 18.7. The van der Waals surface area contributed by atoms with Gasteiger partial charge in [0.05, 0.1) is 19.3 Å². The number of carbonyl (C=O) groups is 1. The van der Waals surface area contributed by atoms with E-state index in [1.807, 2.05) is 6.07 Å². The molecule has 0 unspecified atom stereocenters. The fourth-order valence-electron chi connectivity index (χ4n) is 2.38. The van der Waals surface area contributed by atoms with Gasteiger partial charge >= 0.3 is 0 Å². The summed E-state index contributed by atoms with van der Waals surface area (Å²) in [6, 6.07) is 7.01. The summed E-state index contributed by atoms with van der Waals surface area (Å²) in [6.07, 6.45) is 3.36. The van der Waals surface area contributed by atoms with Gasteiger partial charge < -0.3 is 24.6 Å². The predicted octanol–water partition coefficient (Wildman–Crippen LogP) is 2.11. The van der Waals surface area contributed by atoms with Gasteiger partial charge in [-0.3, -0.25) is 4.79 Å². The molecule has 2 atom stereocenters. The van der Waals surface area contributed by atoms with E-state index < -0.39 is 6.10 Å². The Morgan fingerprint density at radius 2 is 2.29 bits per heavy atom. The number of ether oxygens (including phenoxy) is 3. The standard InChI is InChI=1S/C18H27NO5/c1-14(20)13-19-18(21)15-6-4-7-16(12-15)22-10-5-11-24-17-8-2-3-9-23-17/h4,6-7,12,14,17,20H,2-3,5,8-11,13H2,1H3,(H,19,21)/t14-,17+/m1/s1. The zero-order chi connectivity index (χ0) is 17.2. The predicted molar refractivity (Wildman–Crippen MR) is 90.1 cm³/mol. The molecule has 0 bridgehead atoms. The van der Waals surface area contributed by atoms with Crippen LogP contribution in [0.5, 0.6) is 5.75 Å². The van der Waals surface area contributed by atoms with Crippen LogP contribution in [-0.4, -0.2) is 49.8 Å². The summed E-state index contributed by atoms with van der Waals surface area (Å²) in [5.41, 5.74) is 0.514. The SMILES string of the molecule is C[C@@H](O)CNC(=O)c1cccc(OCCCO[C@H]2CCCCO2)c1. The van der Waals surface area contributed by atoms with Crippen LogP contribution < -0.4 is 10.1 Å². The Bertz CT molecular complexity index is 500. The minimum atomic E-state index is -0.568. The molecule has 0 aliphatic carbocycles. The molecule has 1 fully saturated rings. The lowest BCUT2D eigenvalue weighted by Gasteiger charge is -2.22. The van der Waals surface area contributed by atoms with E-state index in [4.69, 9.17) is 14.2 Å². The van der Waals surface area contributed by atoms with Gasteiger partial charge in [0.1, 0.15) is 5.75 Å². The molecular formula is C18H27NO5. The highest BCUT2D eigenvalue weighted by Gasteiger charge is 2.13. The summed E-state index contributed by atoms with van der Waals surface area (Å²) < 4.78 is 16.8. The number of hydrogen-bond donors (Lipinski definition) is 2. The number of rotatable bonds is 9. The molecule has 24 heavy (non-hydrogen) atoms. The number of benzene rings is 1. The molecule has 1 saturated heterocycles. The molecule has 6 nitrogen and oxygen atoms in total. The molecule has 0 spiro atoms. The maximum atomic E-state index is 11.9. The molecule has 1 aliphatic heterocycles. The Hall–Kier alpha value is -1.63. The molecule has 0 radical (unpaired) electrons. The van der Waals surface area contributed by atoms with Crippen LogP contribution in [0.2, 0.25) is 0 Å². The Morgan fingerprint density at radius 3 is 3.04 bits per heavy atom. The molecule has 1 aromatic rings. The van der Waals surface area contributed by atoms with E-state index in [0.29, 0.717) is 24.5 Å². The molecule has 0 aromatic heterocycles. The third-order valence-electron chi connectivity index (χ3n) is 3.65. The lowest BCUT2D eigenvalue weighted by molar-refractivity contribution is -0.163. The number of nitrogens with one attached hydrogen (secondary N) is 1. The Kier molecular flexibility index (Phi) is 8.01. The van der Waals surface area contributed by atoms with Crippen LogP contribution >= 0.6 is 0 Å². The monoisotopic (exact) mass is 337 g/mol. The summed E-state index contributed by atoms with van der Waals surface area (Å²) in [5, 5.41) is 11.9. The maximum absolute atomic E-state index is 11.9. The van der Waals surface area contributed by atoms with E-state index in [9.17, 15) is 9.90 Å². The quantitative estimate of drug-likeness (QED) is 0.675. The average molecular weight is 337 g/mol. The van der Waals surface area contributed by atoms with Crippen LogP contribution in [0.1, 0.15) is 43.0 Å². The normalized spacial score (nSPS) is 18.8. The molecule has 6 heteroatoms. The van der Waals surface area contributed by atoms with E-state index >= 15 is 0 Å². The van der Waals surface area contributed by atoms with Crippen molar-refractivity contribution in [2.45, 2.75) is 45.0 Å². The highest BCUT2D eigenvalue weighted by atomic mass is 16.7. The van der Waals surface area contributed by atoms with Gasteiger partial charge in [-0.05, 0) is 44.4 Å². The summed E-state index contributed by atoms with van der Waals surface area (Å²) in [6.45, 7) is 3.75. The van der Waals surface area contributed by atoms with Crippen molar-refractivity contribution >= 4 is 5.91 Å². The lowest BCUT2D eigenvalue weighted by atomic mass is 10.2. The van der Waals surface area contributed by atoms with Crippen molar-refractivity contribution in [2.24, 2.45) is 0 Å². The summed E-state index contributed by atoms with van der Waals surface area (Å²) in [4.78, 5) is 11.9. The molecule has 1 heterocycles. The van der Waals surface area contributed by atoms with Crippen LogP contribution in [-0.2, 0) is 9.47 Å². The first-order valence-corrected chi connectivity index (χ1v) is 8.57. The topological polar surface area (TPSA) is 77.0 Å². The van der Waals surface area contributed by atoms with E-state index in [1.54, 1.807) is 25.1 Å². The highest BCUT2D eigenvalue weighted by molar-refractivity contribution is 5.94. The molecule has 0 saturated carbocycles. The minimum absolute atomic E-state index is 0.0697. The van der Waals surface area contributed by atoms with E-state index in [-0.39, 0.29) is 18.7 Å². The van der Waals surface area contributed by atoms with Crippen LogP contribution in [0.3, 0.4) is 0 Å². The van der Waals surface area contributed by atoms with Gasteiger partial charge in [-0.1, -0.05) is 6.07 Å². The van der Waals surface area contributed by atoms with Crippen molar-refractivity contribution in [1.82, 2.24) is 5.32 Å². The number of aliphatic hydroxyl groups is 1. The molecule has 1 amide bonds. The van der Waals surface area contributed by atoms with Gasteiger partial charge in [-0.2, -0.15) is 0 Å². The molecular weight excluding hydrogens is 310 g/mol. The summed E-state index contributed by atoms with van der Waals surface area (Å²) in [7, 11) is 0. The maximum Gasteiger partial charge on any atom is 0.251 e. The van der Waals surface area contributed by atoms with Gasteiger partial charge in [-0.15, -0.1) is 0 Å². The largest absolute Gasteiger partial charge is 0.493 e. The van der Waals surface area contributed by atoms with Gasteiger partial charge in [0.15, 0.2) is 6.29 Å². The average Bonchev–Trinajstić information content (AvgIpc) is 2.60. The van der Waals surface area contributed by atoms with Crippen LogP contribution in [0.15, 0.2) is 24.3 Å². The fourth-order valence-corrected chi connectivity index (χ4v) is 2.38. The highest BCUT2D eigenvalue weighted by Crippen LogP contribution is 2.15.